The van der Waals surface area contributed by atoms with Gasteiger partial charge in [-0.25, -0.2) is 4.79 Å². The van der Waals surface area contributed by atoms with Crippen LogP contribution in [0.25, 0.3) is 0 Å². The van der Waals surface area contributed by atoms with Gasteiger partial charge < -0.3 is 23.7 Å². The van der Waals surface area contributed by atoms with Crippen LogP contribution in [-0.4, -0.2) is 56.4 Å². The molecule has 0 saturated carbocycles. The van der Waals surface area contributed by atoms with Crippen LogP contribution in [-0.2, 0) is 28.5 Å². The number of carbonyl (C=O) groups excluding carboxylic acids is 2. The van der Waals surface area contributed by atoms with Gasteiger partial charge in [-0.2, -0.15) is 0 Å². The first-order valence-electron chi connectivity index (χ1n) is 9.04. The average Bonchev–Trinajstić information content (AvgIpc) is 2.89. The second-order valence-corrected chi connectivity index (χ2v) is 7.51. The Morgan fingerprint density at radius 2 is 1.71 bits per heavy atom. The van der Waals surface area contributed by atoms with Gasteiger partial charge in [0, 0.05) is 26.7 Å². The van der Waals surface area contributed by atoms with E-state index in [4.69, 9.17) is 23.7 Å². The van der Waals surface area contributed by atoms with E-state index in [0.29, 0.717) is 0 Å². The van der Waals surface area contributed by atoms with E-state index < -0.39 is 35.9 Å². The van der Waals surface area contributed by atoms with E-state index in [1.165, 1.54) is 26.0 Å². The molecule has 0 aromatic heterocycles. The molecule has 0 radical (unpaired) electrons. The smallest absolute Gasteiger partial charge is 0.412 e. The maximum absolute atomic E-state index is 12.9. The molecule has 0 unspecified atom stereocenters. The van der Waals surface area contributed by atoms with Gasteiger partial charge in [-0.3, -0.25) is 9.69 Å². The summed E-state index contributed by atoms with van der Waals surface area (Å²) in [4.78, 5) is 26.1. The lowest BCUT2D eigenvalue weighted by Crippen LogP contribution is -2.44. The summed E-state index contributed by atoms with van der Waals surface area (Å²) in [7, 11) is 2.99. The molecule has 0 bridgehead atoms. The van der Waals surface area contributed by atoms with Crippen molar-refractivity contribution in [3.05, 3.63) is 35.4 Å². The van der Waals surface area contributed by atoms with Crippen molar-refractivity contribution < 1.29 is 33.3 Å². The molecule has 0 spiro atoms. The maximum atomic E-state index is 12.9. The lowest BCUT2D eigenvalue weighted by Gasteiger charge is -2.35. The van der Waals surface area contributed by atoms with E-state index in [0.717, 1.165) is 11.1 Å². The Labute approximate surface area is 165 Å². The highest BCUT2D eigenvalue weighted by Crippen LogP contribution is 2.46. The molecule has 1 aromatic rings. The van der Waals surface area contributed by atoms with Crippen LogP contribution in [0.3, 0.4) is 0 Å². The quantitative estimate of drug-likeness (QED) is 0.518. The van der Waals surface area contributed by atoms with Crippen molar-refractivity contribution in [2.75, 3.05) is 27.7 Å². The molecule has 0 heterocycles. The zero-order valence-corrected chi connectivity index (χ0v) is 17.3. The molecule has 1 amide bonds. The molecule has 28 heavy (non-hydrogen) atoms. The van der Waals surface area contributed by atoms with Crippen LogP contribution >= 0.6 is 0 Å². The summed E-state index contributed by atoms with van der Waals surface area (Å²) in [6.07, 6.45) is -1.91. The maximum Gasteiger partial charge on any atom is 0.412 e. The number of benzene rings is 1. The van der Waals surface area contributed by atoms with Gasteiger partial charge >= 0.3 is 12.1 Å². The van der Waals surface area contributed by atoms with Crippen LogP contribution < -0.4 is 0 Å². The minimum absolute atomic E-state index is 0.0203. The van der Waals surface area contributed by atoms with Gasteiger partial charge in [0.25, 0.3) is 0 Å². The van der Waals surface area contributed by atoms with E-state index in [1.807, 2.05) is 24.3 Å². The van der Waals surface area contributed by atoms with Crippen molar-refractivity contribution in [3.8, 4) is 0 Å². The minimum atomic E-state index is -0.685. The van der Waals surface area contributed by atoms with E-state index in [2.05, 4.69) is 0 Å². The number of nitrogens with zero attached hydrogens (tertiary/aromatic N) is 1. The second-order valence-electron chi connectivity index (χ2n) is 7.51. The Bertz CT molecular complexity index is 685. The number of methoxy groups -OCH3 is 2. The lowest BCUT2D eigenvalue weighted by molar-refractivity contribution is -0.171. The molecular weight excluding hydrogens is 366 g/mol. The number of hydrogen-bond acceptors (Lipinski definition) is 7. The molecule has 0 saturated heterocycles. The molecular formula is C20H29NO7. The predicted molar refractivity (Wildman–Crippen MR) is 100 cm³/mol. The Balaban J connectivity index is 2.48. The van der Waals surface area contributed by atoms with Gasteiger partial charge in [-0.1, -0.05) is 24.3 Å². The Morgan fingerprint density at radius 1 is 1.07 bits per heavy atom. The van der Waals surface area contributed by atoms with Crippen LogP contribution in [0.5, 0.6) is 0 Å². The number of amides is 1. The van der Waals surface area contributed by atoms with E-state index >= 15 is 0 Å². The minimum Gasteiger partial charge on any atom is -0.455 e. The molecule has 8 heteroatoms. The molecule has 1 aliphatic rings. The fraction of sp³-hybridized carbons (Fsp3) is 0.600. The Hall–Kier alpha value is -2.16. The third-order valence-corrected chi connectivity index (χ3v) is 4.13. The van der Waals surface area contributed by atoms with Crippen LogP contribution in [0.4, 0.5) is 4.79 Å². The first-order chi connectivity index (χ1) is 13.2. The van der Waals surface area contributed by atoms with Crippen LogP contribution in [0.1, 0.15) is 51.0 Å². The molecule has 0 N–H and O–H groups in total. The number of ether oxygens (including phenoxy) is 5. The first kappa shape index (κ1) is 22.1. The van der Waals surface area contributed by atoms with Crippen molar-refractivity contribution in [3.63, 3.8) is 0 Å². The van der Waals surface area contributed by atoms with E-state index in [1.54, 1.807) is 20.8 Å². The Kier molecular flexibility index (Phi) is 7.40. The number of carbonyl (C=O) groups is 2. The summed E-state index contributed by atoms with van der Waals surface area (Å²) >= 11 is 0. The molecule has 2 rings (SSSR count). The highest BCUT2D eigenvalue weighted by Gasteiger charge is 2.48. The van der Waals surface area contributed by atoms with Gasteiger partial charge in [0.15, 0.2) is 6.10 Å². The van der Waals surface area contributed by atoms with Crippen molar-refractivity contribution in [2.45, 2.75) is 51.5 Å². The van der Waals surface area contributed by atoms with Gasteiger partial charge in [0.05, 0.1) is 6.04 Å². The summed E-state index contributed by atoms with van der Waals surface area (Å²) < 4.78 is 27.3. The molecule has 1 aromatic carbocycles. The summed E-state index contributed by atoms with van der Waals surface area (Å²) in [6, 6.07) is 6.85. The third kappa shape index (κ3) is 5.21. The molecule has 3 atom stereocenters. The van der Waals surface area contributed by atoms with Gasteiger partial charge in [0.1, 0.15) is 25.2 Å². The van der Waals surface area contributed by atoms with Gasteiger partial charge in [-0.05, 0) is 26.3 Å². The number of rotatable bonds is 7. The average molecular weight is 395 g/mol. The third-order valence-electron chi connectivity index (χ3n) is 4.13. The van der Waals surface area contributed by atoms with Crippen molar-refractivity contribution >= 4 is 12.1 Å². The summed E-state index contributed by atoms with van der Waals surface area (Å²) in [5.74, 6) is -0.443. The zero-order valence-electron chi connectivity index (χ0n) is 17.3. The Morgan fingerprint density at radius 3 is 2.25 bits per heavy atom. The lowest BCUT2D eigenvalue weighted by atomic mass is 10.1. The van der Waals surface area contributed by atoms with Gasteiger partial charge in [0.2, 0.25) is 0 Å². The normalized spacial score (nSPS) is 21.1. The fourth-order valence-electron chi connectivity index (χ4n) is 3.24. The molecule has 156 valence electrons. The summed E-state index contributed by atoms with van der Waals surface area (Å²) in [5, 5.41) is 0. The van der Waals surface area contributed by atoms with Crippen LogP contribution in [0.15, 0.2) is 24.3 Å². The molecule has 0 fully saturated rings. The van der Waals surface area contributed by atoms with Crippen LogP contribution in [0, 0.1) is 0 Å². The fourth-order valence-corrected chi connectivity index (χ4v) is 3.24. The van der Waals surface area contributed by atoms with E-state index in [9.17, 15) is 9.59 Å². The van der Waals surface area contributed by atoms with Crippen LogP contribution in [0.2, 0.25) is 0 Å². The van der Waals surface area contributed by atoms with Crippen molar-refractivity contribution in [1.29, 1.82) is 0 Å². The monoisotopic (exact) mass is 395 g/mol. The SMILES string of the molecule is COCO[C@H]1[C@H](N(COC)C(=O)OC(C)(C)C)c2ccccc2[C@@H]1OC(C)=O. The van der Waals surface area contributed by atoms with E-state index in [-0.39, 0.29) is 13.5 Å². The number of fused-ring (bicyclic) bond motifs is 1. The van der Waals surface area contributed by atoms with Gasteiger partial charge in [-0.15, -0.1) is 0 Å². The summed E-state index contributed by atoms with van der Waals surface area (Å²) in [5.41, 5.74) is 0.894. The molecule has 1 aliphatic carbocycles. The standard InChI is InChI=1S/C20H29NO7/c1-13(22)27-17-15-10-8-7-9-14(15)16(18(17)26-12-25-6)21(11-24-5)19(23)28-20(2,3)4/h7-10,16-18H,11-12H2,1-6H3/t16-,17+,18+/m1/s1. The van der Waals surface area contributed by atoms with Crippen molar-refractivity contribution in [2.24, 2.45) is 0 Å². The zero-order chi connectivity index (χ0) is 20.9. The van der Waals surface area contributed by atoms with Crippen molar-refractivity contribution in [1.82, 2.24) is 4.90 Å². The highest BCUT2D eigenvalue weighted by molar-refractivity contribution is 5.70. The highest BCUT2D eigenvalue weighted by atomic mass is 16.7. The largest absolute Gasteiger partial charge is 0.455 e. The summed E-state index contributed by atoms with van der Waals surface area (Å²) in [6.45, 7) is 6.66. The number of hydrogen-bond donors (Lipinski definition) is 0. The molecule has 8 nitrogen and oxygen atoms in total. The molecule has 0 aliphatic heterocycles. The first-order valence-corrected chi connectivity index (χ1v) is 9.04. The topological polar surface area (TPSA) is 83.5 Å². The predicted octanol–water partition coefficient (Wildman–Crippen LogP) is 3.18. The second kappa shape index (κ2) is 9.36. The number of esters is 1.